The lowest BCUT2D eigenvalue weighted by atomic mass is 9.44. The molecule has 30 atom stereocenters. The molecule has 16 unspecified atom stereocenters. The number of hydrogen-bond acceptors (Lipinski definition) is 20. The Kier molecular flexibility index (Phi) is 27.4. The van der Waals surface area contributed by atoms with Crippen molar-refractivity contribution in [2.45, 2.75) is 259 Å². The molecule has 5 aromatic carbocycles. The first kappa shape index (κ1) is 84.4. The SMILES string of the molecule is CCC1O[C@@H](O[C@H]2C(COC(=O)c3ccccc3)O[C@@H](OC3CCC4(C)C(CCC5C4CCC4(C)C5CC(=O)C4[C@H](C)C(=O)CC[C@H](C)CO[C@@H]4OC(CC)[C@H](C)[C@H](OC(=O)c5ccccc5)C4OC(=O)c4ccccc4)C3)C(O[C@@H]3OC(C)[C@H](C)[C@H](OC(=O)c4ccccc4)C3OC(=O)c3ccccc3)[C@H]2C)C(C)[C@@H](C)[C@@H]1C. The molecule has 4 saturated carbocycles. The summed E-state index contributed by atoms with van der Waals surface area (Å²) in [5.41, 5.74) is 1.23. The van der Waals surface area contributed by atoms with Crippen LogP contribution in [0, 0.1) is 87.8 Å². The number of carbonyl (C=O) groups is 7. The van der Waals surface area contributed by atoms with Crippen molar-refractivity contribution in [1.29, 1.82) is 0 Å². The molecule has 4 saturated heterocycles. The van der Waals surface area contributed by atoms with Gasteiger partial charge >= 0.3 is 29.8 Å². The molecule has 616 valence electrons. The van der Waals surface area contributed by atoms with Gasteiger partial charge in [-0.2, -0.15) is 0 Å². The highest BCUT2D eigenvalue weighted by Crippen LogP contribution is 2.68. The van der Waals surface area contributed by atoms with Gasteiger partial charge in [-0.1, -0.05) is 174 Å². The third kappa shape index (κ3) is 18.1. The van der Waals surface area contributed by atoms with Crippen molar-refractivity contribution >= 4 is 41.4 Å². The quantitative estimate of drug-likeness (QED) is 0.0270. The average Bonchev–Trinajstić information content (AvgIpc) is 1.22. The predicted molar refractivity (Wildman–Crippen MR) is 424 cm³/mol. The van der Waals surface area contributed by atoms with Crippen LogP contribution in [0.15, 0.2) is 152 Å². The van der Waals surface area contributed by atoms with Crippen LogP contribution in [0.25, 0.3) is 0 Å². The van der Waals surface area contributed by atoms with E-state index in [9.17, 15) is 33.6 Å². The van der Waals surface area contributed by atoms with Gasteiger partial charge in [0, 0.05) is 48.3 Å². The smallest absolute Gasteiger partial charge is 0.338 e. The lowest BCUT2D eigenvalue weighted by molar-refractivity contribution is -0.376. The number of carbonyl (C=O) groups excluding carboxylic acids is 7. The first-order chi connectivity index (χ1) is 54.8. The van der Waals surface area contributed by atoms with Crippen LogP contribution >= 0.6 is 0 Å². The Labute approximate surface area is 673 Å². The Hall–Kier alpha value is -7.53. The number of fused-ring (bicyclic) bond motifs is 5. The Morgan fingerprint density at radius 1 is 0.447 bits per heavy atom. The van der Waals surface area contributed by atoms with Gasteiger partial charge in [-0.05, 0) is 184 Å². The third-order valence-corrected chi connectivity index (χ3v) is 28.3. The van der Waals surface area contributed by atoms with Gasteiger partial charge in [0.25, 0.3) is 0 Å². The summed E-state index contributed by atoms with van der Waals surface area (Å²) < 4.78 is 87.9. The van der Waals surface area contributed by atoms with Crippen molar-refractivity contribution in [2.75, 3.05) is 13.2 Å². The van der Waals surface area contributed by atoms with E-state index in [2.05, 4.69) is 41.5 Å². The minimum Gasteiger partial charge on any atom is -0.459 e. The number of ether oxygens (including phenoxy) is 13. The van der Waals surface area contributed by atoms with Gasteiger partial charge in [-0.25, -0.2) is 24.0 Å². The van der Waals surface area contributed by atoms with Crippen molar-refractivity contribution in [1.82, 2.24) is 0 Å². The van der Waals surface area contributed by atoms with Gasteiger partial charge in [0.2, 0.25) is 0 Å². The topological polar surface area (TPSA) is 239 Å². The van der Waals surface area contributed by atoms with Crippen LogP contribution in [0.5, 0.6) is 0 Å². The first-order valence-corrected chi connectivity index (χ1v) is 42.3. The maximum Gasteiger partial charge on any atom is 0.338 e. The molecule has 13 rings (SSSR count). The Bertz CT molecular complexity index is 4050. The van der Waals surface area contributed by atoms with Crippen molar-refractivity contribution in [2.24, 2.45) is 87.8 Å². The molecule has 8 aliphatic rings. The van der Waals surface area contributed by atoms with Crippen molar-refractivity contribution in [3.8, 4) is 0 Å². The van der Waals surface area contributed by atoms with Gasteiger partial charge in [-0.3, -0.25) is 9.59 Å². The predicted octanol–water partition coefficient (Wildman–Crippen LogP) is 16.9. The van der Waals surface area contributed by atoms with E-state index in [1.54, 1.807) is 121 Å². The molecule has 114 heavy (non-hydrogen) atoms. The zero-order valence-electron chi connectivity index (χ0n) is 68.7. The monoisotopic (exact) mass is 1570 g/mol. The Balaban J connectivity index is 0.710. The normalized spacial score (nSPS) is 37.1. The summed E-state index contributed by atoms with van der Waals surface area (Å²) in [6, 6.07) is 43.5. The molecule has 0 amide bonds. The standard InChI is InChI=1S/C94H120O20/c1-14-74-55(5)54(4)56(6)89(106-74)113-78-60(10)81(114-92-83(112-88(101)66-39-29-20-30-40-66)79(57(7)61(11)104-92)109-85(98)63-33-23-17-24-34-63)91(108-76(78)52-102-84(97)62-31-21-16-22-32-62)105-68-45-47-93(12)67(49-68)42-43-69-70(93)46-48-94(13)71(69)50-73(96)77(94)58(8)72(95)44-41-53(3)51-103-90-82(111-87(100)65-37-27-19-28-38-65)80(59(9)75(15-2)107-90)110-86(99)64-35-25-18-26-36-64/h16-40,53-61,67-71,74-83,89-92H,14-15,41-52H2,1-13H3/t53-,54-,55-,56?,57-,58+,59-,60-,61?,67?,68?,69?,70?,71?,74?,75?,76?,77?,78+,79-,80-,81?,82?,83?,89-,90+,91+,92-,93?,94?/m0/s1. The second kappa shape index (κ2) is 37.0. The van der Waals surface area contributed by atoms with Gasteiger partial charge in [0.1, 0.15) is 42.6 Å². The summed E-state index contributed by atoms with van der Waals surface area (Å²) in [5, 5.41) is 0. The van der Waals surface area contributed by atoms with E-state index < -0.39 is 128 Å². The van der Waals surface area contributed by atoms with Crippen molar-refractivity contribution in [3.63, 3.8) is 0 Å². The molecule has 8 fully saturated rings. The van der Waals surface area contributed by atoms with Crippen LogP contribution in [0.2, 0.25) is 0 Å². The van der Waals surface area contributed by atoms with E-state index in [1.807, 2.05) is 78.8 Å². The highest BCUT2D eigenvalue weighted by atomic mass is 16.8. The summed E-state index contributed by atoms with van der Waals surface area (Å²) in [5.74, 6) is -3.76. The van der Waals surface area contributed by atoms with E-state index in [4.69, 9.17) is 61.6 Å². The van der Waals surface area contributed by atoms with E-state index in [-0.39, 0.29) is 113 Å². The number of ketones is 2. The van der Waals surface area contributed by atoms with Crippen molar-refractivity contribution in [3.05, 3.63) is 179 Å². The molecule has 20 heteroatoms. The van der Waals surface area contributed by atoms with E-state index in [0.717, 1.165) is 44.9 Å². The molecular formula is C94H120O20. The molecule has 0 spiro atoms. The summed E-state index contributed by atoms with van der Waals surface area (Å²) in [4.78, 5) is 99.6. The zero-order chi connectivity index (χ0) is 80.9. The summed E-state index contributed by atoms with van der Waals surface area (Å²) in [6.07, 6.45) is -4.22. The molecule has 0 aromatic heterocycles. The lowest BCUT2D eigenvalue weighted by Gasteiger charge is -2.61. The maximum absolute atomic E-state index is 14.8. The molecule has 0 bridgehead atoms. The fourth-order valence-electron chi connectivity index (χ4n) is 20.9. The highest BCUT2D eigenvalue weighted by molar-refractivity contribution is 5.93. The van der Waals surface area contributed by atoms with Crippen LogP contribution < -0.4 is 0 Å². The third-order valence-electron chi connectivity index (χ3n) is 28.3. The number of benzene rings is 5. The molecule has 0 radical (unpaired) electrons. The highest BCUT2D eigenvalue weighted by Gasteiger charge is 2.65. The van der Waals surface area contributed by atoms with E-state index in [1.165, 1.54) is 0 Å². The summed E-state index contributed by atoms with van der Waals surface area (Å²) in [7, 11) is 0. The number of rotatable bonds is 27. The number of Topliss-reactive ketones (excluding diaryl/α,β-unsaturated/α-hetero) is 2. The molecule has 20 nitrogen and oxygen atoms in total. The summed E-state index contributed by atoms with van der Waals surface area (Å²) >= 11 is 0. The maximum atomic E-state index is 14.8. The fraction of sp³-hybridized carbons (Fsp3) is 0.606. The van der Waals surface area contributed by atoms with Gasteiger partial charge in [0.15, 0.2) is 37.4 Å². The van der Waals surface area contributed by atoms with Crippen LogP contribution in [0.4, 0.5) is 0 Å². The number of esters is 5. The molecule has 4 aliphatic heterocycles. The zero-order valence-corrected chi connectivity index (χ0v) is 68.7. The van der Waals surface area contributed by atoms with Crippen LogP contribution in [0.1, 0.15) is 219 Å². The number of hydrogen-bond donors (Lipinski definition) is 0. The van der Waals surface area contributed by atoms with Crippen LogP contribution in [-0.4, -0.2) is 147 Å². The van der Waals surface area contributed by atoms with Gasteiger partial charge in [0.05, 0.1) is 64.9 Å². The Morgan fingerprint density at radius 3 is 1.46 bits per heavy atom. The van der Waals surface area contributed by atoms with E-state index >= 15 is 0 Å². The minimum atomic E-state index is -1.34. The van der Waals surface area contributed by atoms with Crippen molar-refractivity contribution < 1.29 is 95.1 Å². The summed E-state index contributed by atoms with van der Waals surface area (Å²) in [6.45, 7) is 27.1. The van der Waals surface area contributed by atoms with Gasteiger partial charge < -0.3 is 61.6 Å². The minimum absolute atomic E-state index is 0.0497. The fourth-order valence-corrected chi connectivity index (χ4v) is 20.9. The van der Waals surface area contributed by atoms with Crippen LogP contribution in [0.3, 0.4) is 0 Å². The Morgan fingerprint density at radius 2 is 0.912 bits per heavy atom. The second-order valence-corrected chi connectivity index (χ2v) is 35.0. The first-order valence-electron chi connectivity index (χ1n) is 42.3. The van der Waals surface area contributed by atoms with E-state index in [0.29, 0.717) is 53.9 Å². The molecular weight excluding hydrogens is 1450 g/mol. The largest absolute Gasteiger partial charge is 0.459 e. The average molecular weight is 1570 g/mol. The molecule has 4 heterocycles. The molecule has 0 N–H and O–H groups in total. The van der Waals surface area contributed by atoms with Crippen LogP contribution in [-0.2, 0) is 71.2 Å². The lowest BCUT2D eigenvalue weighted by Crippen LogP contribution is -2.63. The van der Waals surface area contributed by atoms with Gasteiger partial charge in [-0.15, -0.1) is 0 Å². The second-order valence-electron chi connectivity index (χ2n) is 35.0. The molecule has 5 aromatic rings. The molecule has 4 aliphatic carbocycles.